The van der Waals surface area contributed by atoms with Crippen LogP contribution in [0.15, 0.2) is 24.3 Å². The van der Waals surface area contributed by atoms with E-state index in [1.807, 2.05) is 19.1 Å². The summed E-state index contributed by atoms with van der Waals surface area (Å²) in [5.41, 5.74) is 1.66. The molecule has 1 N–H and O–H groups in total. The number of ether oxygens (including phenoxy) is 1. The average molecular weight is 193 g/mol. The molecule has 1 aromatic carbocycles. The zero-order valence-corrected chi connectivity index (χ0v) is 8.03. The maximum Gasteiger partial charge on any atom is 0.396 e. The van der Waals surface area contributed by atoms with Gasteiger partial charge < -0.3 is 10.1 Å². The molecule has 0 aliphatic carbocycles. The number of nitrogens with one attached hydrogen (secondary N) is 1. The number of anilines is 1. The van der Waals surface area contributed by atoms with Crippen LogP contribution in [0.3, 0.4) is 0 Å². The first-order valence-corrected chi connectivity index (χ1v) is 4.09. The van der Waals surface area contributed by atoms with Crippen LogP contribution in [0.25, 0.3) is 0 Å². The average Bonchev–Trinajstić information content (AvgIpc) is 2.20. The van der Waals surface area contributed by atoms with Gasteiger partial charge in [-0.1, -0.05) is 17.7 Å². The number of amides is 1. The van der Waals surface area contributed by atoms with Gasteiger partial charge in [-0.05, 0) is 19.1 Å². The molecule has 0 heterocycles. The number of hydrogen-bond acceptors (Lipinski definition) is 3. The van der Waals surface area contributed by atoms with Crippen LogP contribution < -0.4 is 5.32 Å². The van der Waals surface area contributed by atoms with E-state index in [9.17, 15) is 9.59 Å². The SMILES string of the molecule is COC(=O)C(=O)Nc1ccc(C)cc1. The quantitative estimate of drug-likeness (QED) is 0.537. The van der Waals surface area contributed by atoms with E-state index in [0.717, 1.165) is 12.7 Å². The summed E-state index contributed by atoms with van der Waals surface area (Å²) < 4.78 is 4.26. The van der Waals surface area contributed by atoms with Gasteiger partial charge in [0.2, 0.25) is 0 Å². The molecule has 0 bridgehead atoms. The number of esters is 1. The largest absolute Gasteiger partial charge is 0.462 e. The molecule has 74 valence electrons. The van der Waals surface area contributed by atoms with Gasteiger partial charge in [-0.3, -0.25) is 4.79 Å². The monoisotopic (exact) mass is 193 g/mol. The molecule has 0 aromatic heterocycles. The van der Waals surface area contributed by atoms with Gasteiger partial charge in [0, 0.05) is 5.69 Å². The van der Waals surface area contributed by atoms with Crippen LogP contribution >= 0.6 is 0 Å². The Hall–Kier alpha value is -1.84. The van der Waals surface area contributed by atoms with E-state index < -0.39 is 11.9 Å². The predicted octanol–water partition coefficient (Wildman–Crippen LogP) is 1.11. The summed E-state index contributed by atoms with van der Waals surface area (Å²) in [6.45, 7) is 1.94. The molecule has 0 aliphatic rings. The van der Waals surface area contributed by atoms with Crippen molar-refractivity contribution in [2.45, 2.75) is 6.92 Å². The van der Waals surface area contributed by atoms with Gasteiger partial charge in [-0.15, -0.1) is 0 Å². The van der Waals surface area contributed by atoms with Gasteiger partial charge in [0.15, 0.2) is 0 Å². The third-order valence-electron chi connectivity index (χ3n) is 1.68. The summed E-state index contributed by atoms with van der Waals surface area (Å²) in [5, 5.41) is 2.41. The molecular formula is C10H11NO3. The number of carbonyl (C=O) groups excluding carboxylic acids is 2. The van der Waals surface area contributed by atoms with Crippen LogP contribution in [0.1, 0.15) is 5.56 Å². The van der Waals surface area contributed by atoms with Gasteiger partial charge in [-0.25, -0.2) is 4.79 Å². The van der Waals surface area contributed by atoms with E-state index in [0.29, 0.717) is 5.69 Å². The van der Waals surface area contributed by atoms with Crippen LogP contribution in [-0.2, 0) is 14.3 Å². The second-order valence-electron chi connectivity index (χ2n) is 2.81. The van der Waals surface area contributed by atoms with Gasteiger partial charge in [0.05, 0.1) is 7.11 Å². The highest BCUT2D eigenvalue weighted by Crippen LogP contribution is 2.08. The van der Waals surface area contributed by atoms with Crippen LogP contribution in [-0.4, -0.2) is 19.0 Å². The fourth-order valence-corrected chi connectivity index (χ4v) is 0.912. The maximum atomic E-state index is 11.0. The van der Waals surface area contributed by atoms with Crippen molar-refractivity contribution in [2.75, 3.05) is 12.4 Å². The lowest BCUT2D eigenvalue weighted by atomic mass is 10.2. The Balaban J connectivity index is 2.65. The number of benzene rings is 1. The molecule has 0 atom stereocenters. The standard InChI is InChI=1S/C10H11NO3/c1-7-3-5-8(6-4-7)11-9(12)10(13)14-2/h3-6H,1-2H3,(H,11,12). The Morgan fingerprint density at radius 1 is 1.21 bits per heavy atom. The topological polar surface area (TPSA) is 55.4 Å². The van der Waals surface area contributed by atoms with Crippen LogP contribution in [0, 0.1) is 6.92 Å². The van der Waals surface area contributed by atoms with Crippen molar-refractivity contribution >= 4 is 17.6 Å². The van der Waals surface area contributed by atoms with Gasteiger partial charge in [-0.2, -0.15) is 0 Å². The molecule has 4 heteroatoms. The van der Waals surface area contributed by atoms with Crippen molar-refractivity contribution in [1.82, 2.24) is 0 Å². The van der Waals surface area contributed by atoms with Gasteiger partial charge in [0.25, 0.3) is 0 Å². The smallest absolute Gasteiger partial charge is 0.396 e. The van der Waals surface area contributed by atoms with Crippen molar-refractivity contribution in [1.29, 1.82) is 0 Å². The number of rotatable bonds is 1. The normalized spacial score (nSPS) is 9.29. The fraction of sp³-hybridized carbons (Fsp3) is 0.200. The molecule has 1 rings (SSSR count). The molecule has 1 amide bonds. The fourth-order valence-electron chi connectivity index (χ4n) is 0.912. The second-order valence-corrected chi connectivity index (χ2v) is 2.81. The van der Waals surface area contributed by atoms with E-state index >= 15 is 0 Å². The van der Waals surface area contributed by atoms with E-state index in [2.05, 4.69) is 10.1 Å². The number of aryl methyl sites for hydroxylation is 1. The lowest BCUT2D eigenvalue weighted by Crippen LogP contribution is -2.23. The highest BCUT2D eigenvalue weighted by Gasteiger charge is 2.12. The Labute approximate surface area is 81.9 Å². The number of methoxy groups -OCH3 is 1. The highest BCUT2D eigenvalue weighted by molar-refractivity contribution is 6.37. The summed E-state index contributed by atoms with van der Waals surface area (Å²) in [6, 6.07) is 7.12. The number of carbonyl (C=O) groups is 2. The minimum Gasteiger partial charge on any atom is -0.462 e. The van der Waals surface area contributed by atoms with Crippen molar-refractivity contribution in [3.63, 3.8) is 0 Å². The number of hydrogen-bond donors (Lipinski definition) is 1. The van der Waals surface area contributed by atoms with Crippen molar-refractivity contribution in [3.05, 3.63) is 29.8 Å². The molecule has 0 saturated heterocycles. The molecular weight excluding hydrogens is 182 g/mol. The molecule has 0 saturated carbocycles. The van der Waals surface area contributed by atoms with Gasteiger partial charge >= 0.3 is 11.9 Å². The molecule has 0 radical (unpaired) electrons. The van der Waals surface area contributed by atoms with E-state index in [-0.39, 0.29) is 0 Å². The first-order chi connectivity index (χ1) is 6.63. The first-order valence-electron chi connectivity index (χ1n) is 4.09. The molecule has 4 nitrogen and oxygen atoms in total. The summed E-state index contributed by atoms with van der Waals surface area (Å²) in [4.78, 5) is 21.8. The molecule has 0 spiro atoms. The van der Waals surface area contributed by atoms with E-state index in [1.54, 1.807) is 12.1 Å². The minimum atomic E-state index is -0.898. The van der Waals surface area contributed by atoms with Crippen molar-refractivity contribution in [2.24, 2.45) is 0 Å². The zero-order valence-electron chi connectivity index (χ0n) is 8.03. The maximum absolute atomic E-state index is 11.0. The summed E-state index contributed by atoms with van der Waals surface area (Å²) in [6.07, 6.45) is 0. The molecule has 1 aromatic rings. The Bertz CT molecular complexity index is 343. The van der Waals surface area contributed by atoms with Crippen LogP contribution in [0.2, 0.25) is 0 Å². The van der Waals surface area contributed by atoms with E-state index in [4.69, 9.17) is 0 Å². The first kappa shape index (κ1) is 10.2. The van der Waals surface area contributed by atoms with Crippen LogP contribution in [0.5, 0.6) is 0 Å². The second kappa shape index (κ2) is 4.41. The Morgan fingerprint density at radius 3 is 2.29 bits per heavy atom. The lowest BCUT2D eigenvalue weighted by Gasteiger charge is -2.03. The summed E-state index contributed by atoms with van der Waals surface area (Å²) in [5.74, 6) is -1.66. The lowest BCUT2D eigenvalue weighted by molar-refractivity contribution is -0.150. The Kier molecular flexibility index (Phi) is 3.23. The predicted molar refractivity (Wildman–Crippen MR) is 51.8 cm³/mol. The third kappa shape index (κ3) is 2.58. The molecule has 0 aliphatic heterocycles. The third-order valence-corrected chi connectivity index (χ3v) is 1.68. The Morgan fingerprint density at radius 2 is 1.79 bits per heavy atom. The molecule has 0 unspecified atom stereocenters. The molecule has 0 fully saturated rings. The van der Waals surface area contributed by atoms with Gasteiger partial charge in [0.1, 0.15) is 0 Å². The summed E-state index contributed by atoms with van der Waals surface area (Å²) in [7, 11) is 1.16. The van der Waals surface area contributed by atoms with Crippen molar-refractivity contribution < 1.29 is 14.3 Å². The van der Waals surface area contributed by atoms with Crippen molar-refractivity contribution in [3.8, 4) is 0 Å². The zero-order chi connectivity index (χ0) is 10.6. The van der Waals surface area contributed by atoms with Crippen LogP contribution in [0.4, 0.5) is 5.69 Å². The highest BCUT2D eigenvalue weighted by atomic mass is 16.5. The van der Waals surface area contributed by atoms with E-state index in [1.165, 1.54) is 0 Å². The molecule has 14 heavy (non-hydrogen) atoms. The summed E-state index contributed by atoms with van der Waals surface area (Å²) >= 11 is 0. The minimum absolute atomic E-state index is 0.575.